The quantitative estimate of drug-likeness (QED) is 0.727. The van der Waals surface area contributed by atoms with Crippen molar-refractivity contribution in [1.82, 2.24) is 0 Å². The molecule has 13 heavy (non-hydrogen) atoms. The number of rotatable bonds is 3. The Morgan fingerprint density at radius 3 is 2.69 bits per heavy atom. The first kappa shape index (κ1) is 9.58. The van der Waals surface area contributed by atoms with Crippen molar-refractivity contribution in [2.45, 2.75) is 20.3 Å². The molecule has 0 aliphatic heterocycles. The maximum Gasteiger partial charge on any atom is 0.331 e. The Bertz CT molecular complexity index is 320. The van der Waals surface area contributed by atoms with Gasteiger partial charge in [-0.05, 0) is 25.5 Å². The van der Waals surface area contributed by atoms with Gasteiger partial charge < -0.3 is 9.52 Å². The van der Waals surface area contributed by atoms with E-state index in [-0.39, 0.29) is 0 Å². The van der Waals surface area contributed by atoms with Crippen LogP contribution in [0.4, 0.5) is 0 Å². The predicted molar refractivity (Wildman–Crippen MR) is 49.2 cm³/mol. The molecule has 0 bridgehead atoms. The fraction of sp³-hybridized carbons (Fsp3) is 0.300. The zero-order chi connectivity index (χ0) is 9.84. The lowest BCUT2D eigenvalue weighted by molar-refractivity contribution is -0.132. The molecule has 1 rings (SSSR count). The van der Waals surface area contributed by atoms with E-state index in [0.717, 1.165) is 5.57 Å². The normalized spacial score (nSPS) is 12.5. The Morgan fingerprint density at radius 2 is 2.31 bits per heavy atom. The van der Waals surface area contributed by atoms with Crippen molar-refractivity contribution in [3.63, 3.8) is 0 Å². The molecule has 3 nitrogen and oxygen atoms in total. The molecule has 3 heteroatoms. The van der Waals surface area contributed by atoms with E-state index in [1.54, 1.807) is 25.3 Å². The SMILES string of the molecule is CCC(=C(C)C(=O)O)c1ccco1. The molecule has 0 aliphatic rings. The molecule has 0 saturated carbocycles. The van der Waals surface area contributed by atoms with Crippen molar-refractivity contribution >= 4 is 11.5 Å². The Balaban J connectivity index is 3.11. The van der Waals surface area contributed by atoms with Crippen molar-refractivity contribution in [2.75, 3.05) is 0 Å². The topological polar surface area (TPSA) is 50.4 Å². The summed E-state index contributed by atoms with van der Waals surface area (Å²) in [5, 5.41) is 8.78. The lowest BCUT2D eigenvalue weighted by Crippen LogP contribution is -1.99. The molecule has 0 atom stereocenters. The van der Waals surface area contributed by atoms with E-state index in [0.29, 0.717) is 17.8 Å². The van der Waals surface area contributed by atoms with Gasteiger partial charge in [0.25, 0.3) is 0 Å². The second-order valence-electron chi connectivity index (χ2n) is 2.74. The number of carboxylic acids is 1. The summed E-state index contributed by atoms with van der Waals surface area (Å²) >= 11 is 0. The summed E-state index contributed by atoms with van der Waals surface area (Å²) in [6, 6.07) is 3.52. The highest BCUT2D eigenvalue weighted by atomic mass is 16.4. The summed E-state index contributed by atoms with van der Waals surface area (Å²) < 4.78 is 5.14. The van der Waals surface area contributed by atoms with Crippen LogP contribution in [0.2, 0.25) is 0 Å². The fourth-order valence-electron chi connectivity index (χ4n) is 1.20. The van der Waals surface area contributed by atoms with Crippen molar-refractivity contribution in [3.05, 3.63) is 29.7 Å². The van der Waals surface area contributed by atoms with Gasteiger partial charge in [0.15, 0.2) is 0 Å². The second kappa shape index (κ2) is 3.94. The summed E-state index contributed by atoms with van der Waals surface area (Å²) in [6.07, 6.45) is 2.20. The Labute approximate surface area is 76.7 Å². The molecule has 0 radical (unpaired) electrons. The molecular formula is C10H12O3. The summed E-state index contributed by atoms with van der Waals surface area (Å²) in [4.78, 5) is 10.7. The largest absolute Gasteiger partial charge is 0.478 e. The lowest BCUT2D eigenvalue weighted by atomic mass is 10.1. The summed E-state index contributed by atoms with van der Waals surface area (Å²) in [5.74, 6) is -0.254. The van der Waals surface area contributed by atoms with Gasteiger partial charge in [-0.1, -0.05) is 6.92 Å². The number of aliphatic carboxylic acids is 1. The van der Waals surface area contributed by atoms with Gasteiger partial charge in [-0.2, -0.15) is 0 Å². The Morgan fingerprint density at radius 1 is 1.62 bits per heavy atom. The first-order valence-corrected chi connectivity index (χ1v) is 4.13. The van der Waals surface area contributed by atoms with Crippen LogP contribution in [0, 0.1) is 0 Å². The van der Waals surface area contributed by atoms with Crippen LogP contribution in [-0.4, -0.2) is 11.1 Å². The molecule has 0 spiro atoms. The van der Waals surface area contributed by atoms with Crippen molar-refractivity contribution in [3.8, 4) is 0 Å². The van der Waals surface area contributed by atoms with E-state index >= 15 is 0 Å². The summed E-state index contributed by atoms with van der Waals surface area (Å²) in [7, 11) is 0. The van der Waals surface area contributed by atoms with E-state index in [4.69, 9.17) is 9.52 Å². The maximum atomic E-state index is 10.7. The highest BCUT2D eigenvalue weighted by Crippen LogP contribution is 2.22. The van der Waals surface area contributed by atoms with Gasteiger partial charge in [0.2, 0.25) is 0 Å². The predicted octanol–water partition coefficient (Wildman–Crippen LogP) is 2.55. The standard InChI is InChI=1S/C10H12O3/c1-3-8(7(2)10(11)12)9-5-4-6-13-9/h4-6H,3H2,1-2H3,(H,11,12). The van der Waals surface area contributed by atoms with Gasteiger partial charge in [-0.25, -0.2) is 4.79 Å². The van der Waals surface area contributed by atoms with Gasteiger partial charge in [0, 0.05) is 11.1 Å². The first-order valence-electron chi connectivity index (χ1n) is 4.13. The molecule has 1 aromatic rings. The van der Waals surface area contributed by atoms with Crippen LogP contribution in [0.3, 0.4) is 0 Å². The monoisotopic (exact) mass is 180 g/mol. The van der Waals surface area contributed by atoms with E-state index in [1.807, 2.05) is 6.92 Å². The zero-order valence-electron chi connectivity index (χ0n) is 7.70. The van der Waals surface area contributed by atoms with E-state index in [2.05, 4.69) is 0 Å². The van der Waals surface area contributed by atoms with Crippen molar-refractivity contribution in [2.24, 2.45) is 0 Å². The third-order valence-electron chi connectivity index (χ3n) is 1.95. The minimum Gasteiger partial charge on any atom is -0.478 e. The highest BCUT2D eigenvalue weighted by molar-refractivity contribution is 5.95. The lowest BCUT2D eigenvalue weighted by Gasteiger charge is -2.02. The average Bonchev–Trinajstić information content (AvgIpc) is 2.58. The number of allylic oxidation sites excluding steroid dienone is 1. The van der Waals surface area contributed by atoms with E-state index in [1.165, 1.54) is 0 Å². The molecule has 1 aromatic heterocycles. The Kier molecular flexibility index (Phi) is 2.90. The average molecular weight is 180 g/mol. The maximum absolute atomic E-state index is 10.7. The van der Waals surface area contributed by atoms with Gasteiger partial charge in [0.05, 0.1) is 6.26 Å². The molecule has 0 saturated heterocycles. The molecule has 1 heterocycles. The molecule has 70 valence electrons. The van der Waals surface area contributed by atoms with E-state index in [9.17, 15) is 4.79 Å². The molecule has 1 N–H and O–H groups in total. The molecular weight excluding hydrogens is 168 g/mol. The van der Waals surface area contributed by atoms with Gasteiger partial charge in [-0.3, -0.25) is 0 Å². The molecule has 0 fully saturated rings. The van der Waals surface area contributed by atoms with Crippen LogP contribution in [0.15, 0.2) is 28.4 Å². The minimum atomic E-state index is -0.895. The zero-order valence-corrected chi connectivity index (χ0v) is 7.70. The first-order chi connectivity index (χ1) is 6.16. The number of furan rings is 1. The van der Waals surface area contributed by atoms with Crippen LogP contribution in [0.1, 0.15) is 26.0 Å². The van der Waals surface area contributed by atoms with Gasteiger partial charge in [-0.15, -0.1) is 0 Å². The van der Waals surface area contributed by atoms with Crippen LogP contribution in [0.5, 0.6) is 0 Å². The molecule has 0 amide bonds. The van der Waals surface area contributed by atoms with Crippen molar-refractivity contribution < 1.29 is 14.3 Å². The summed E-state index contributed by atoms with van der Waals surface area (Å²) in [5.41, 5.74) is 1.09. The van der Waals surface area contributed by atoms with Crippen LogP contribution in [0.25, 0.3) is 5.57 Å². The van der Waals surface area contributed by atoms with Gasteiger partial charge in [0.1, 0.15) is 5.76 Å². The van der Waals surface area contributed by atoms with Crippen LogP contribution >= 0.6 is 0 Å². The smallest absolute Gasteiger partial charge is 0.331 e. The minimum absolute atomic E-state index is 0.345. The number of carboxylic acid groups (broad SMARTS) is 1. The molecule has 0 aliphatic carbocycles. The molecule has 0 unspecified atom stereocenters. The third-order valence-corrected chi connectivity index (χ3v) is 1.95. The number of carbonyl (C=O) groups is 1. The van der Waals surface area contributed by atoms with Crippen LogP contribution < -0.4 is 0 Å². The second-order valence-corrected chi connectivity index (χ2v) is 2.74. The van der Waals surface area contributed by atoms with E-state index < -0.39 is 5.97 Å². The third kappa shape index (κ3) is 1.99. The fourth-order valence-corrected chi connectivity index (χ4v) is 1.20. The van der Waals surface area contributed by atoms with Crippen molar-refractivity contribution in [1.29, 1.82) is 0 Å². The van der Waals surface area contributed by atoms with Gasteiger partial charge >= 0.3 is 5.97 Å². The molecule has 0 aromatic carbocycles. The highest BCUT2D eigenvalue weighted by Gasteiger charge is 2.11. The number of hydrogen-bond donors (Lipinski definition) is 1. The summed E-state index contributed by atoms with van der Waals surface area (Å²) in [6.45, 7) is 3.49. The Hall–Kier alpha value is -1.51. The van der Waals surface area contributed by atoms with Crippen LogP contribution in [-0.2, 0) is 4.79 Å². The number of hydrogen-bond acceptors (Lipinski definition) is 2.